The summed E-state index contributed by atoms with van der Waals surface area (Å²) in [4.78, 5) is 27.2. The molecule has 0 radical (unpaired) electrons. The van der Waals surface area contributed by atoms with E-state index in [4.69, 9.17) is 23.2 Å². The molecule has 3 atom stereocenters. The fraction of sp³-hybridized carbons (Fsp3) is 0.556. The molecule has 0 bridgehead atoms. The third kappa shape index (κ3) is 4.83. The van der Waals surface area contributed by atoms with Gasteiger partial charge in [-0.15, -0.1) is 12.4 Å². The van der Waals surface area contributed by atoms with Gasteiger partial charge in [-0.1, -0.05) is 30.1 Å². The normalized spacial score (nSPS) is 25.5. The minimum Gasteiger partial charge on any atom is -0.350 e. The number of rotatable bonds is 3. The number of hydrogen-bond donors (Lipinski definition) is 2. The van der Waals surface area contributed by atoms with Crippen LogP contribution in [0, 0.1) is 5.92 Å². The van der Waals surface area contributed by atoms with E-state index in [1.807, 2.05) is 0 Å². The van der Waals surface area contributed by atoms with Crippen molar-refractivity contribution in [3.05, 3.63) is 33.8 Å². The van der Waals surface area contributed by atoms with E-state index in [0.717, 1.165) is 25.9 Å². The van der Waals surface area contributed by atoms with Gasteiger partial charge >= 0.3 is 0 Å². The fourth-order valence-electron chi connectivity index (χ4n) is 3.59. The van der Waals surface area contributed by atoms with Gasteiger partial charge < -0.3 is 15.5 Å². The summed E-state index contributed by atoms with van der Waals surface area (Å²) in [6.45, 7) is 4.48. The summed E-state index contributed by atoms with van der Waals surface area (Å²) in [6.07, 6.45) is 2.54. The van der Waals surface area contributed by atoms with Gasteiger partial charge in [-0.05, 0) is 49.9 Å². The summed E-state index contributed by atoms with van der Waals surface area (Å²) in [5.41, 5.74) is 0.421. The predicted octanol–water partition coefficient (Wildman–Crippen LogP) is 3.13. The monoisotopic (exact) mass is 419 g/mol. The number of nitrogens with one attached hydrogen (secondary N) is 2. The molecule has 8 heteroatoms. The van der Waals surface area contributed by atoms with Gasteiger partial charge in [0.25, 0.3) is 5.91 Å². The Morgan fingerprint density at radius 2 is 1.88 bits per heavy atom. The summed E-state index contributed by atoms with van der Waals surface area (Å²) in [5.74, 6) is 0.166. The maximum absolute atomic E-state index is 12.8. The molecular weight excluding hydrogens is 397 g/mol. The Kier molecular flexibility index (Phi) is 7.59. The molecule has 5 nitrogen and oxygen atoms in total. The van der Waals surface area contributed by atoms with Gasteiger partial charge in [0, 0.05) is 34.7 Å². The Hall–Kier alpha value is -1.01. The lowest BCUT2D eigenvalue weighted by Gasteiger charge is -2.32. The summed E-state index contributed by atoms with van der Waals surface area (Å²) in [5, 5.41) is 7.26. The summed E-state index contributed by atoms with van der Waals surface area (Å²) >= 11 is 12.0. The van der Waals surface area contributed by atoms with E-state index in [9.17, 15) is 9.59 Å². The van der Waals surface area contributed by atoms with E-state index in [2.05, 4.69) is 17.6 Å². The van der Waals surface area contributed by atoms with Crippen LogP contribution in [0.15, 0.2) is 18.2 Å². The molecule has 26 heavy (non-hydrogen) atoms. The number of benzene rings is 1. The lowest BCUT2D eigenvalue weighted by atomic mass is 9.94. The molecule has 0 spiro atoms. The van der Waals surface area contributed by atoms with E-state index >= 15 is 0 Å². The maximum Gasteiger partial charge on any atom is 0.254 e. The SMILES string of the molecule is CC1CCNCC1NC(=O)C1CCCN1C(=O)c1cc(Cl)cc(Cl)c1.Cl. The average molecular weight is 421 g/mol. The van der Waals surface area contributed by atoms with E-state index in [0.29, 0.717) is 34.5 Å². The molecule has 3 unspecified atom stereocenters. The van der Waals surface area contributed by atoms with Crippen molar-refractivity contribution in [1.82, 2.24) is 15.5 Å². The van der Waals surface area contributed by atoms with Crippen LogP contribution < -0.4 is 10.6 Å². The summed E-state index contributed by atoms with van der Waals surface area (Å²) < 4.78 is 0. The number of halogens is 3. The zero-order valence-corrected chi connectivity index (χ0v) is 17.0. The Morgan fingerprint density at radius 1 is 1.19 bits per heavy atom. The third-order valence-electron chi connectivity index (χ3n) is 5.08. The smallest absolute Gasteiger partial charge is 0.254 e. The molecule has 2 fully saturated rings. The highest BCUT2D eigenvalue weighted by atomic mass is 35.5. The van der Waals surface area contributed by atoms with Crippen LogP contribution in [0.2, 0.25) is 10.0 Å². The van der Waals surface area contributed by atoms with E-state index in [-0.39, 0.29) is 30.3 Å². The number of hydrogen-bond acceptors (Lipinski definition) is 3. The molecule has 2 aliphatic rings. The summed E-state index contributed by atoms with van der Waals surface area (Å²) in [7, 11) is 0. The molecule has 3 rings (SSSR count). The van der Waals surface area contributed by atoms with Gasteiger partial charge in [0.15, 0.2) is 0 Å². The number of carbonyl (C=O) groups excluding carboxylic acids is 2. The summed E-state index contributed by atoms with van der Waals surface area (Å²) in [6, 6.07) is 4.46. The maximum atomic E-state index is 12.8. The highest BCUT2D eigenvalue weighted by Crippen LogP contribution is 2.25. The van der Waals surface area contributed by atoms with Crippen molar-refractivity contribution in [3.8, 4) is 0 Å². The lowest BCUT2D eigenvalue weighted by molar-refractivity contribution is -0.126. The molecule has 0 aliphatic carbocycles. The van der Waals surface area contributed by atoms with Gasteiger partial charge in [-0.3, -0.25) is 9.59 Å². The predicted molar refractivity (Wildman–Crippen MR) is 106 cm³/mol. The molecule has 1 aromatic rings. The van der Waals surface area contributed by atoms with Crippen LogP contribution >= 0.6 is 35.6 Å². The number of carbonyl (C=O) groups is 2. The Morgan fingerprint density at radius 3 is 2.54 bits per heavy atom. The molecular formula is C18H24Cl3N3O2. The van der Waals surface area contributed by atoms with Crippen molar-refractivity contribution in [1.29, 1.82) is 0 Å². The number of amides is 2. The van der Waals surface area contributed by atoms with Crippen molar-refractivity contribution in [2.75, 3.05) is 19.6 Å². The minimum atomic E-state index is -0.431. The Bertz CT molecular complexity index is 651. The minimum absolute atomic E-state index is 0. The van der Waals surface area contributed by atoms with Crippen molar-refractivity contribution in [2.24, 2.45) is 5.92 Å². The molecule has 2 aliphatic heterocycles. The van der Waals surface area contributed by atoms with Gasteiger partial charge in [0.05, 0.1) is 0 Å². The van der Waals surface area contributed by atoms with E-state index < -0.39 is 6.04 Å². The van der Waals surface area contributed by atoms with Crippen LogP contribution in [0.3, 0.4) is 0 Å². The van der Waals surface area contributed by atoms with Crippen LogP contribution in [0.5, 0.6) is 0 Å². The van der Waals surface area contributed by atoms with Gasteiger partial charge in [0.2, 0.25) is 5.91 Å². The fourth-order valence-corrected chi connectivity index (χ4v) is 4.11. The third-order valence-corrected chi connectivity index (χ3v) is 5.52. The van der Waals surface area contributed by atoms with Gasteiger partial charge in [-0.2, -0.15) is 0 Å². The first-order valence-corrected chi connectivity index (χ1v) is 9.49. The second kappa shape index (κ2) is 9.27. The average Bonchev–Trinajstić information content (AvgIpc) is 3.05. The number of nitrogens with zero attached hydrogens (tertiary/aromatic N) is 1. The van der Waals surface area contributed by atoms with E-state index in [1.54, 1.807) is 23.1 Å². The topological polar surface area (TPSA) is 61.4 Å². The molecule has 2 N–H and O–H groups in total. The first kappa shape index (κ1) is 21.3. The number of piperidine rings is 1. The van der Waals surface area contributed by atoms with Crippen molar-refractivity contribution < 1.29 is 9.59 Å². The molecule has 2 saturated heterocycles. The molecule has 144 valence electrons. The number of likely N-dealkylation sites (tertiary alicyclic amines) is 1. The van der Waals surface area contributed by atoms with E-state index in [1.165, 1.54) is 0 Å². The van der Waals surface area contributed by atoms with Crippen LogP contribution in [-0.2, 0) is 4.79 Å². The first-order chi connectivity index (χ1) is 12.0. The zero-order valence-electron chi connectivity index (χ0n) is 14.6. The Labute approximate surface area is 170 Å². The quantitative estimate of drug-likeness (QED) is 0.790. The van der Waals surface area contributed by atoms with Crippen molar-refractivity contribution in [2.45, 2.75) is 38.3 Å². The Balaban J connectivity index is 0.00000243. The van der Waals surface area contributed by atoms with Crippen LogP contribution in [-0.4, -0.2) is 48.4 Å². The highest BCUT2D eigenvalue weighted by molar-refractivity contribution is 6.35. The highest BCUT2D eigenvalue weighted by Gasteiger charge is 2.36. The van der Waals surface area contributed by atoms with Gasteiger partial charge in [-0.25, -0.2) is 0 Å². The molecule has 0 saturated carbocycles. The zero-order chi connectivity index (χ0) is 18.0. The van der Waals surface area contributed by atoms with Gasteiger partial charge in [0.1, 0.15) is 6.04 Å². The van der Waals surface area contributed by atoms with Crippen LogP contribution in [0.4, 0.5) is 0 Å². The van der Waals surface area contributed by atoms with Crippen molar-refractivity contribution in [3.63, 3.8) is 0 Å². The largest absolute Gasteiger partial charge is 0.350 e. The lowest BCUT2D eigenvalue weighted by Crippen LogP contribution is -2.55. The first-order valence-electron chi connectivity index (χ1n) is 8.74. The molecule has 0 aromatic heterocycles. The van der Waals surface area contributed by atoms with Crippen LogP contribution in [0.25, 0.3) is 0 Å². The van der Waals surface area contributed by atoms with Crippen molar-refractivity contribution >= 4 is 47.4 Å². The second-order valence-electron chi connectivity index (χ2n) is 6.90. The second-order valence-corrected chi connectivity index (χ2v) is 7.77. The molecule has 1 aromatic carbocycles. The van der Waals surface area contributed by atoms with Crippen LogP contribution in [0.1, 0.15) is 36.5 Å². The molecule has 2 heterocycles. The standard InChI is InChI=1S/C18H23Cl2N3O2.ClH/c1-11-4-5-21-10-15(11)22-17(24)16-3-2-6-23(16)18(25)12-7-13(19)9-14(20)8-12;/h7-9,11,15-16,21H,2-6,10H2,1H3,(H,22,24);1H. The molecule has 2 amide bonds.